The van der Waals surface area contributed by atoms with Crippen LogP contribution in [0, 0.1) is 13.8 Å². The summed E-state index contributed by atoms with van der Waals surface area (Å²) in [4.78, 5) is 40.5. The monoisotopic (exact) mass is 483 g/mol. The van der Waals surface area contributed by atoms with Gasteiger partial charge < -0.3 is 18.9 Å². The number of methoxy groups -OCH3 is 1. The predicted octanol–water partition coefficient (Wildman–Crippen LogP) is 4.20. The van der Waals surface area contributed by atoms with Gasteiger partial charge in [-0.25, -0.2) is 14.6 Å². The summed E-state index contributed by atoms with van der Waals surface area (Å²) in [5.74, 6) is -1.29. The highest BCUT2D eigenvalue weighted by Gasteiger charge is 2.35. The Morgan fingerprint density at radius 2 is 1.91 bits per heavy atom. The van der Waals surface area contributed by atoms with Crippen LogP contribution in [0.4, 0.5) is 0 Å². The molecule has 1 amide bonds. The van der Waals surface area contributed by atoms with Crippen molar-refractivity contribution in [3.63, 3.8) is 0 Å². The summed E-state index contributed by atoms with van der Waals surface area (Å²) in [6.07, 6.45) is 1.94. The molecule has 1 N–H and O–H groups in total. The van der Waals surface area contributed by atoms with Gasteiger partial charge in [-0.1, -0.05) is 23.7 Å². The first-order valence-electron chi connectivity index (χ1n) is 10.4. The zero-order valence-electron chi connectivity index (χ0n) is 18.8. The second-order valence-corrected chi connectivity index (χ2v) is 8.16. The molecule has 3 aromatic rings. The minimum atomic E-state index is -0.764. The van der Waals surface area contributed by atoms with Crippen molar-refractivity contribution in [3.05, 3.63) is 81.5 Å². The van der Waals surface area contributed by atoms with Crippen molar-refractivity contribution in [1.29, 1.82) is 0 Å². The van der Waals surface area contributed by atoms with Gasteiger partial charge in [0.2, 0.25) is 0 Å². The van der Waals surface area contributed by atoms with Gasteiger partial charge in [0.15, 0.2) is 6.61 Å². The number of halogens is 1. The molecule has 0 aliphatic carbocycles. The predicted molar refractivity (Wildman–Crippen MR) is 123 cm³/mol. The number of nitrogens with one attached hydrogen (secondary N) is 1. The molecule has 1 atom stereocenters. The standard InChI is InChI=1S/C24H22ClN3O6/c1-13-21(23(30)32-3)14(2)26-22(13)24(31)34-12-20(29)28-18(19-5-4-10-33-19)11-17(27-28)15-6-8-16(25)9-7-15/h4-10,18,26H,11-12H2,1-3H3/t18-/m1/s1. The van der Waals surface area contributed by atoms with Crippen LogP contribution in [-0.2, 0) is 14.3 Å². The van der Waals surface area contributed by atoms with Crippen LogP contribution in [0.5, 0.6) is 0 Å². The van der Waals surface area contributed by atoms with Gasteiger partial charge in [-0.2, -0.15) is 5.10 Å². The van der Waals surface area contributed by atoms with Gasteiger partial charge in [-0.15, -0.1) is 0 Å². The average molecular weight is 484 g/mol. The fourth-order valence-corrected chi connectivity index (χ4v) is 4.01. The summed E-state index contributed by atoms with van der Waals surface area (Å²) >= 11 is 5.98. The first-order valence-corrected chi connectivity index (χ1v) is 10.8. The lowest BCUT2D eigenvalue weighted by atomic mass is 10.0. The number of aryl methyl sites for hydroxylation is 1. The molecule has 0 spiro atoms. The van der Waals surface area contributed by atoms with E-state index in [1.54, 1.807) is 38.1 Å². The molecule has 0 saturated carbocycles. The summed E-state index contributed by atoms with van der Waals surface area (Å²) in [5.41, 5.74) is 2.70. The molecule has 1 aromatic carbocycles. The molecule has 0 unspecified atom stereocenters. The third-order valence-electron chi connectivity index (χ3n) is 5.57. The Hall–Kier alpha value is -3.85. The van der Waals surface area contributed by atoms with Crippen LogP contribution in [0.1, 0.15) is 55.9 Å². The third-order valence-corrected chi connectivity index (χ3v) is 5.82. The molecule has 0 saturated heterocycles. The maximum Gasteiger partial charge on any atom is 0.355 e. The van der Waals surface area contributed by atoms with Crippen LogP contribution >= 0.6 is 11.6 Å². The van der Waals surface area contributed by atoms with E-state index < -0.39 is 30.5 Å². The molecule has 0 radical (unpaired) electrons. The minimum Gasteiger partial charge on any atom is -0.467 e. The normalized spacial score (nSPS) is 15.2. The lowest BCUT2D eigenvalue weighted by Gasteiger charge is -2.19. The number of aromatic nitrogens is 1. The third kappa shape index (κ3) is 4.47. The number of rotatable bonds is 6. The van der Waals surface area contributed by atoms with Crippen LogP contribution in [0.3, 0.4) is 0 Å². The number of H-pyrrole nitrogens is 1. The lowest BCUT2D eigenvalue weighted by molar-refractivity contribution is -0.136. The fourth-order valence-electron chi connectivity index (χ4n) is 3.89. The first kappa shape index (κ1) is 23.3. The van der Waals surface area contributed by atoms with Crippen molar-refractivity contribution in [2.24, 2.45) is 5.10 Å². The van der Waals surface area contributed by atoms with Gasteiger partial charge >= 0.3 is 11.9 Å². The molecule has 10 heteroatoms. The van der Waals surface area contributed by atoms with Crippen molar-refractivity contribution in [1.82, 2.24) is 9.99 Å². The Morgan fingerprint density at radius 1 is 1.18 bits per heavy atom. The van der Waals surface area contributed by atoms with E-state index in [2.05, 4.69) is 10.1 Å². The number of benzene rings is 1. The summed E-state index contributed by atoms with van der Waals surface area (Å²) in [6.45, 7) is 2.70. The Kier molecular flexibility index (Phi) is 6.56. The molecule has 34 heavy (non-hydrogen) atoms. The molecule has 0 bridgehead atoms. The zero-order valence-corrected chi connectivity index (χ0v) is 19.5. The molecule has 0 fully saturated rings. The Morgan fingerprint density at radius 3 is 2.56 bits per heavy atom. The Balaban J connectivity index is 1.52. The van der Waals surface area contributed by atoms with Crippen LogP contribution in [0.15, 0.2) is 52.2 Å². The van der Waals surface area contributed by atoms with Crippen LogP contribution in [-0.4, -0.2) is 47.3 Å². The number of carbonyl (C=O) groups excluding carboxylic acids is 3. The van der Waals surface area contributed by atoms with Crippen LogP contribution in [0.25, 0.3) is 0 Å². The molecule has 1 aliphatic rings. The fraction of sp³-hybridized carbons (Fsp3) is 0.250. The van der Waals surface area contributed by atoms with E-state index in [0.717, 1.165) is 5.56 Å². The van der Waals surface area contributed by atoms with Crippen molar-refractivity contribution in [2.75, 3.05) is 13.7 Å². The Bertz CT molecular complexity index is 1260. The van der Waals surface area contributed by atoms with Crippen molar-refractivity contribution >= 4 is 35.2 Å². The molecular formula is C24H22ClN3O6. The second-order valence-electron chi connectivity index (χ2n) is 7.72. The number of carbonyl (C=O) groups is 3. The maximum absolute atomic E-state index is 13.0. The SMILES string of the molecule is COC(=O)c1c(C)[nH]c(C(=O)OCC(=O)N2N=C(c3ccc(Cl)cc3)C[C@@H]2c2ccco2)c1C. The number of ether oxygens (including phenoxy) is 2. The van der Waals surface area contributed by atoms with E-state index in [4.69, 9.17) is 25.5 Å². The number of esters is 2. The molecular weight excluding hydrogens is 462 g/mol. The Labute approximate surface area is 200 Å². The van der Waals surface area contributed by atoms with Crippen molar-refractivity contribution in [3.8, 4) is 0 Å². The van der Waals surface area contributed by atoms with Gasteiger partial charge in [0.25, 0.3) is 5.91 Å². The molecule has 3 heterocycles. The minimum absolute atomic E-state index is 0.0834. The van der Waals surface area contributed by atoms with Gasteiger partial charge in [-0.05, 0) is 49.2 Å². The number of hydrogen-bond acceptors (Lipinski definition) is 7. The number of furan rings is 1. The van der Waals surface area contributed by atoms with E-state index in [1.165, 1.54) is 18.4 Å². The summed E-state index contributed by atoms with van der Waals surface area (Å²) in [7, 11) is 1.26. The van der Waals surface area contributed by atoms with E-state index in [0.29, 0.717) is 34.2 Å². The second kappa shape index (κ2) is 9.56. The molecule has 9 nitrogen and oxygen atoms in total. The molecule has 1 aliphatic heterocycles. The highest BCUT2D eigenvalue weighted by molar-refractivity contribution is 6.30. The summed E-state index contributed by atoms with van der Waals surface area (Å²) < 4.78 is 15.5. The summed E-state index contributed by atoms with van der Waals surface area (Å²) in [6, 6.07) is 10.2. The maximum atomic E-state index is 13.0. The molecule has 2 aromatic heterocycles. The number of aromatic amines is 1. The largest absolute Gasteiger partial charge is 0.467 e. The first-order chi connectivity index (χ1) is 16.3. The summed E-state index contributed by atoms with van der Waals surface area (Å²) in [5, 5.41) is 6.34. The quantitative estimate of drug-likeness (QED) is 0.525. The van der Waals surface area contributed by atoms with Crippen molar-refractivity contribution < 1.29 is 28.3 Å². The number of amides is 1. The van der Waals surface area contributed by atoms with Crippen LogP contribution in [0.2, 0.25) is 5.02 Å². The van der Waals surface area contributed by atoms with E-state index in [9.17, 15) is 14.4 Å². The highest BCUT2D eigenvalue weighted by atomic mass is 35.5. The molecule has 176 valence electrons. The topological polar surface area (TPSA) is 114 Å². The van der Waals surface area contributed by atoms with Gasteiger partial charge in [0, 0.05) is 17.1 Å². The van der Waals surface area contributed by atoms with Gasteiger partial charge in [0.05, 0.1) is 24.6 Å². The number of hydrogen-bond donors (Lipinski definition) is 1. The number of hydrazone groups is 1. The van der Waals surface area contributed by atoms with E-state index in [1.807, 2.05) is 12.1 Å². The molecule has 4 rings (SSSR count). The zero-order chi connectivity index (χ0) is 24.4. The van der Waals surface area contributed by atoms with Crippen LogP contribution < -0.4 is 0 Å². The highest BCUT2D eigenvalue weighted by Crippen LogP contribution is 2.33. The number of nitrogens with zero attached hydrogens (tertiary/aromatic N) is 2. The average Bonchev–Trinajstić information content (AvgIpc) is 3.56. The van der Waals surface area contributed by atoms with Gasteiger partial charge in [-0.3, -0.25) is 4.79 Å². The van der Waals surface area contributed by atoms with Crippen molar-refractivity contribution in [2.45, 2.75) is 26.3 Å². The van der Waals surface area contributed by atoms with E-state index >= 15 is 0 Å². The smallest absolute Gasteiger partial charge is 0.355 e. The van der Waals surface area contributed by atoms with E-state index in [-0.39, 0.29) is 11.3 Å². The van der Waals surface area contributed by atoms with Gasteiger partial charge in [0.1, 0.15) is 17.5 Å². The lowest BCUT2D eigenvalue weighted by Crippen LogP contribution is -2.31.